The topological polar surface area (TPSA) is 31.4 Å². The molecule has 0 atom stereocenters. The highest BCUT2D eigenvalue weighted by Crippen LogP contribution is 2.34. The third-order valence-corrected chi connectivity index (χ3v) is 2.62. The molecule has 4 heteroatoms. The van der Waals surface area contributed by atoms with Crippen molar-refractivity contribution in [2.45, 2.75) is 45.3 Å². The molecule has 1 aromatic rings. The number of halogens is 1. The highest BCUT2D eigenvalue weighted by Gasteiger charge is 2.25. The molecule has 1 fully saturated rings. The van der Waals surface area contributed by atoms with Gasteiger partial charge >= 0.3 is 0 Å². The molecule has 88 valence electrons. The van der Waals surface area contributed by atoms with Crippen molar-refractivity contribution in [3.8, 4) is 11.6 Å². The van der Waals surface area contributed by atoms with Gasteiger partial charge in [0, 0.05) is 12.3 Å². The SMILES string of the molecule is CC(C)(C)Oc1cc(OC2CC2)c(Br)cn1. The average Bonchev–Trinajstić information content (AvgIpc) is 2.92. The van der Waals surface area contributed by atoms with E-state index in [4.69, 9.17) is 9.47 Å². The van der Waals surface area contributed by atoms with Crippen LogP contribution in [0.3, 0.4) is 0 Å². The van der Waals surface area contributed by atoms with Gasteiger partial charge in [-0.2, -0.15) is 0 Å². The fraction of sp³-hybridized carbons (Fsp3) is 0.583. The van der Waals surface area contributed by atoms with Gasteiger partial charge in [-0.05, 0) is 49.5 Å². The third kappa shape index (κ3) is 3.37. The standard InChI is InChI=1S/C12H16BrNO2/c1-12(2,3)16-11-6-10(9(13)7-14-11)15-8-4-5-8/h6-8H,4-5H2,1-3H3. The van der Waals surface area contributed by atoms with Gasteiger partial charge in [0.2, 0.25) is 5.88 Å². The lowest BCUT2D eigenvalue weighted by molar-refractivity contribution is 0.123. The van der Waals surface area contributed by atoms with Crippen LogP contribution in [0.2, 0.25) is 0 Å². The van der Waals surface area contributed by atoms with Gasteiger partial charge in [0.15, 0.2) is 0 Å². The van der Waals surface area contributed by atoms with Gasteiger partial charge in [0.05, 0.1) is 10.6 Å². The summed E-state index contributed by atoms with van der Waals surface area (Å²) < 4.78 is 12.3. The van der Waals surface area contributed by atoms with Crippen LogP contribution in [0.4, 0.5) is 0 Å². The molecule has 1 saturated carbocycles. The van der Waals surface area contributed by atoms with E-state index in [1.807, 2.05) is 26.8 Å². The minimum atomic E-state index is -0.238. The fourth-order valence-corrected chi connectivity index (χ4v) is 1.54. The summed E-state index contributed by atoms with van der Waals surface area (Å²) in [6, 6.07) is 1.84. The van der Waals surface area contributed by atoms with Crippen LogP contribution in [-0.2, 0) is 0 Å². The molecular formula is C12H16BrNO2. The zero-order valence-electron chi connectivity index (χ0n) is 9.79. The first-order valence-corrected chi connectivity index (χ1v) is 6.24. The van der Waals surface area contributed by atoms with Gasteiger partial charge in [-0.3, -0.25) is 0 Å². The van der Waals surface area contributed by atoms with Crippen molar-refractivity contribution in [1.29, 1.82) is 0 Å². The first-order chi connectivity index (χ1) is 7.44. The van der Waals surface area contributed by atoms with Crippen LogP contribution in [-0.4, -0.2) is 16.7 Å². The Morgan fingerprint density at radius 2 is 2.06 bits per heavy atom. The van der Waals surface area contributed by atoms with E-state index in [0.717, 1.165) is 23.1 Å². The number of rotatable bonds is 3. The van der Waals surface area contributed by atoms with Crippen LogP contribution in [0.1, 0.15) is 33.6 Å². The molecule has 3 nitrogen and oxygen atoms in total. The second kappa shape index (κ2) is 4.24. The Morgan fingerprint density at radius 1 is 1.38 bits per heavy atom. The summed E-state index contributed by atoms with van der Waals surface area (Å²) in [4.78, 5) is 4.20. The monoisotopic (exact) mass is 285 g/mol. The minimum absolute atomic E-state index is 0.238. The molecular weight excluding hydrogens is 270 g/mol. The smallest absolute Gasteiger partial charge is 0.217 e. The normalized spacial score (nSPS) is 16.0. The van der Waals surface area contributed by atoms with Gasteiger partial charge in [-0.15, -0.1) is 0 Å². The van der Waals surface area contributed by atoms with E-state index >= 15 is 0 Å². The quantitative estimate of drug-likeness (QED) is 0.851. The van der Waals surface area contributed by atoms with Gasteiger partial charge < -0.3 is 9.47 Å². The summed E-state index contributed by atoms with van der Waals surface area (Å²) >= 11 is 3.42. The molecule has 0 radical (unpaired) electrons. The Bertz CT molecular complexity index is 383. The molecule has 0 aromatic carbocycles. The maximum Gasteiger partial charge on any atom is 0.217 e. The summed E-state index contributed by atoms with van der Waals surface area (Å²) in [6.07, 6.45) is 4.38. The summed E-state index contributed by atoms with van der Waals surface area (Å²) in [5.74, 6) is 1.42. The van der Waals surface area contributed by atoms with Crippen molar-refractivity contribution in [3.63, 3.8) is 0 Å². The minimum Gasteiger partial charge on any atom is -0.489 e. The number of ether oxygens (including phenoxy) is 2. The number of nitrogens with zero attached hydrogens (tertiary/aromatic N) is 1. The largest absolute Gasteiger partial charge is 0.489 e. The van der Waals surface area contributed by atoms with Gasteiger partial charge in [0.25, 0.3) is 0 Å². The lowest BCUT2D eigenvalue weighted by Gasteiger charge is -2.20. The number of pyridine rings is 1. The molecule has 16 heavy (non-hydrogen) atoms. The molecule has 0 spiro atoms. The third-order valence-electron chi connectivity index (χ3n) is 2.02. The zero-order valence-corrected chi connectivity index (χ0v) is 11.4. The number of aromatic nitrogens is 1. The van der Waals surface area contributed by atoms with Gasteiger partial charge in [0.1, 0.15) is 11.4 Å². The Morgan fingerprint density at radius 3 is 2.62 bits per heavy atom. The Hall–Kier alpha value is -0.770. The van der Waals surface area contributed by atoms with E-state index in [1.165, 1.54) is 0 Å². The first-order valence-electron chi connectivity index (χ1n) is 5.45. The zero-order chi connectivity index (χ0) is 11.8. The van der Waals surface area contributed by atoms with Crippen LogP contribution >= 0.6 is 15.9 Å². The van der Waals surface area contributed by atoms with Crippen molar-refractivity contribution in [3.05, 3.63) is 16.7 Å². The van der Waals surface area contributed by atoms with E-state index in [9.17, 15) is 0 Å². The average molecular weight is 286 g/mol. The highest BCUT2D eigenvalue weighted by atomic mass is 79.9. The second-order valence-corrected chi connectivity index (χ2v) is 5.84. The molecule has 1 aliphatic carbocycles. The van der Waals surface area contributed by atoms with Crippen molar-refractivity contribution >= 4 is 15.9 Å². The molecule has 1 heterocycles. The molecule has 0 amide bonds. The molecule has 0 aliphatic heterocycles. The van der Waals surface area contributed by atoms with E-state index in [1.54, 1.807) is 6.20 Å². The van der Waals surface area contributed by atoms with Crippen LogP contribution in [0.15, 0.2) is 16.7 Å². The molecule has 0 unspecified atom stereocenters. The van der Waals surface area contributed by atoms with E-state index in [0.29, 0.717) is 12.0 Å². The van der Waals surface area contributed by atoms with Crippen LogP contribution in [0, 0.1) is 0 Å². The predicted octanol–water partition coefficient (Wildman–Crippen LogP) is 3.56. The Labute approximate surface area is 104 Å². The van der Waals surface area contributed by atoms with Crippen LogP contribution in [0.5, 0.6) is 11.6 Å². The number of hydrogen-bond acceptors (Lipinski definition) is 3. The molecule has 1 aromatic heterocycles. The molecule has 2 rings (SSSR count). The summed E-state index contributed by atoms with van der Waals surface area (Å²) in [5.41, 5.74) is -0.238. The second-order valence-electron chi connectivity index (χ2n) is 4.98. The maximum atomic E-state index is 5.74. The maximum absolute atomic E-state index is 5.74. The molecule has 1 aliphatic rings. The summed E-state index contributed by atoms with van der Waals surface area (Å²) in [7, 11) is 0. The molecule has 0 N–H and O–H groups in total. The van der Waals surface area contributed by atoms with E-state index < -0.39 is 0 Å². The van der Waals surface area contributed by atoms with Crippen molar-refractivity contribution < 1.29 is 9.47 Å². The van der Waals surface area contributed by atoms with Crippen molar-refractivity contribution in [2.75, 3.05) is 0 Å². The molecule has 0 bridgehead atoms. The highest BCUT2D eigenvalue weighted by molar-refractivity contribution is 9.10. The van der Waals surface area contributed by atoms with Crippen LogP contribution < -0.4 is 9.47 Å². The van der Waals surface area contributed by atoms with Gasteiger partial charge in [-0.25, -0.2) is 4.98 Å². The summed E-state index contributed by atoms with van der Waals surface area (Å²) in [6.45, 7) is 5.99. The lowest BCUT2D eigenvalue weighted by atomic mass is 10.2. The van der Waals surface area contributed by atoms with Crippen LogP contribution in [0.25, 0.3) is 0 Å². The van der Waals surface area contributed by atoms with E-state index in [-0.39, 0.29) is 5.60 Å². The molecule has 0 saturated heterocycles. The van der Waals surface area contributed by atoms with E-state index in [2.05, 4.69) is 20.9 Å². The lowest BCUT2D eigenvalue weighted by Crippen LogP contribution is -2.23. The Balaban J connectivity index is 2.14. The van der Waals surface area contributed by atoms with Crippen molar-refractivity contribution in [1.82, 2.24) is 4.98 Å². The number of hydrogen-bond donors (Lipinski definition) is 0. The summed E-state index contributed by atoms with van der Waals surface area (Å²) in [5, 5.41) is 0. The Kier molecular flexibility index (Phi) is 3.10. The fourth-order valence-electron chi connectivity index (χ4n) is 1.23. The predicted molar refractivity (Wildman–Crippen MR) is 66.0 cm³/mol. The van der Waals surface area contributed by atoms with Gasteiger partial charge in [-0.1, -0.05) is 0 Å². The first kappa shape index (κ1) is 11.7. The van der Waals surface area contributed by atoms with Crippen molar-refractivity contribution in [2.24, 2.45) is 0 Å².